The van der Waals surface area contributed by atoms with E-state index in [2.05, 4.69) is 5.92 Å². The van der Waals surface area contributed by atoms with Crippen LogP contribution < -0.4 is 0 Å². The first-order chi connectivity index (χ1) is 11.2. The highest BCUT2D eigenvalue weighted by Gasteiger charge is 2.13. The molecule has 2 aromatic carbocycles. The highest BCUT2D eigenvalue weighted by atomic mass is 16.5. The van der Waals surface area contributed by atoms with Crippen LogP contribution in [0, 0.1) is 19.3 Å². The van der Waals surface area contributed by atoms with Crippen molar-refractivity contribution in [2.45, 2.75) is 20.1 Å². The van der Waals surface area contributed by atoms with E-state index in [0.29, 0.717) is 13.2 Å². The number of hydrogen-bond donors (Lipinski definition) is 0. The molecule has 23 heavy (non-hydrogen) atoms. The smallest absolute Gasteiger partial charge is 0.249 e. The minimum Gasteiger partial charge on any atom is -0.367 e. The lowest BCUT2D eigenvalue weighted by Gasteiger charge is -2.20. The van der Waals surface area contributed by atoms with E-state index in [9.17, 15) is 4.79 Å². The average Bonchev–Trinajstić information content (AvgIpc) is 2.57. The Morgan fingerprint density at radius 3 is 2.43 bits per heavy atom. The second-order valence-electron chi connectivity index (χ2n) is 5.42. The van der Waals surface area contributed by atoms with Crippen LogP contribution >= 0.6 is 0 Å². The minimum absolute atomic E-state index is 0.0302. The van der Waals surface area contributed by atoms with Crippen molar-refractivity contribution in [3.05, 3.63) is 71.3 Å². The van der Waals surface area contributed by atoms with Crippen molar-refractivity contribution in [2.24, 2.45) is 0 Å². The van der Waals surface area contributed by atoms with Gasteiger partial charge in [-0.25, -0.2) is 0 Å². The van der Waals surface area contributed by atoms with Crippen LogP contribution in [-0.4, -0.2) is 24.0 Å². The molecule has 3 nitrogen and oxygen atoms in total. The van der Waals surface area contributed by atoms with Crippen LogP contribution in [0.2, 0.25) is 0 Å². The lowest BCUT2D eigenvalue weighted by molar-refractivity contribution is -0.136. The molecule has 0 spiro atoms. The van der Waals surface area contributed by atoms with E-state index in [-0.39, 0.29) is 19.1 Å². The Kier molecular flexibility index (Phi) is 6.40. The van der Waals surface area contributed by atoms with Gasteiger partial charge in [0.1, 0.15) is 6.61 Å². The van der Waals surface area contributed by atoms with Crippen molar-refractivity contribution in [3.8, 4) is 12.3 Å². The fourth-order valence-corrected chi connectivity index (χ4v) is 2.18. The number of aryl methyl sites for hydroxylation is 1. The number of carbonyl (C=O) groups excluding carboxylic acids is 1. The molecule has 118 valence electrons. The molecule has 2 aromatic rings. The molecule has 0 aliphatic carbocycles. The van der Waals surface area contributed by atoms with Crippen molar-refractivity contribution in [2.75, 3.05) is 13.2 Å². The van der Waals surface area contributed by atoms with Crippen molar-refractivity contribution < 1.29 is 9.53 Å². The molecule has 0 aliphatic heterocycles. The Morgan fingerprint density at radius 2 is 1.78 bits per heavy atom. The van der Waals surface area contributed by atoms with E-state index in [1.807, 2.05) is 61.5 Å². The summed E-state index contributed by atoms with van der Waals surface area (Å²) in [5.41, 5.74) is 3.29. The van der Waals surface area contributed by atoms with Gasteiger partial charge >= 0.3 is 0 Å². The summed E-state index contributed by atoms with van der Waals surface area (Å²) >= 11 is 0. The van der Waals surface area contributed by atoms with E-state index < -0.39 is 0 Å². The Bertz CT molecular complexity index is 656. The van der Waals surface area contributed by atoms with Gasteiger partial charge in [0.05, 0.1) is 13.2 Å². The van der Waals surface area contributed by atoms with E-state index in [4.69, 9.17) is 11.2 Å². The summed E-state index contributed by atoms with van der Waals surface area (Å²) in [4.78, 5) is 13.9. The number of carbonyl (C=O) groups is 1. The van der Waals surface area contributed by atoms with Crippen LogP contribution in [-0.2, 0) is 22.7 Å². The summed E-state index contributed by atoms with van der Waals surface area (Å²) < 4.78 is 5.51. The number of hydrogen-bond acceptors (Lipinski definition) is 2. The van der Waals surface area contributed by atoms with Crippen molar-refractivity contribution in [3.63, 3.8) is 0 Å². The first-order valence-electron chi connectivity index (χ1n) is 7.57. The summed E-state index contributed by atoms with van der Waals surface area (Å²) in [6.45, 7) is 3.26. The number of benzene rings is 2. The molecule has 0 atom stereocenters. The Balaban J connectivity index is 1.87. The average molecular weight is 307 g/mol. The topological polar surface area (TPSA) is 29.5 Å². The third kappa shape index (κ3) is 5.61. The summed E-state index contributed by atoms with van der Waals surface area (Å²) in [5, 5.41) is 0. The summed E-state index contributed by atoms with van der Waals surface area (Å²) in [6.07, 6.45) is 5.38. The molecule has 2 rings (SSSR count). The second-order valence-corrected chi connectivity index (χ2v) is 5.42. The minimum atomic E-state index is -0.0977. The molecule has 0 aliphatic rings. The number of ether oxygens (including phenoxy) is 1. The maximum absolute atomic E-state index is 12.3. The van der Waals surface area contributed by atoms with Gasteiger partial charge in [0.15, 0.2) is 0 Å². The Morgan fingerprint density at radius 1 is 1.09 bits per heavy atom. The predicted molar refractivity (Wildman–Crippen MR) is 91.5 cm³/mol. The van der Waals surface area contributed by atoms with E-state index in [0.717, 1.165) is 11.1 Å². The van der Waals surface area contributed by atoms with Crippen LogP contribution in [0.1, 0.15) is 16.7 Å². The second kappa shape index (κ2) is 8.77. The van der Waals surface area contributed by atoms with Crippen molar-refractivity contribution >= 4 is 5.91 Å². The molecule has 0 unspecified atom stereocenters. The molecule has 0 saturated heterocycles. The standard InChI is InChI=1S/C20H21NO2/c1-3-13-21(14-18-11-9-17(2)10-12-18)20(22)16-23-15-19-7-5-4-6-8-19/h1,4-12H,13-16H2,2H3. The number of amides is 1. The number of terminal acetylenes is 1. The quantitative estimate of drug-likeness (QED) is 0.735. The van der Waals surface area contributed by atoms with Gasteiger partial charge in [0.2, 0.25) is 5.91 Å². The molecule has 0 radical (unpaired) electrons. The van der Waals surface area contributed by atoms with E-state index in [1.54, 1.807) is 4.90 Å². The van der Waals surface area contributed by atoms with Gasteiger partial charge in [-0.2, -0.15) is 0 Å². The first-order valence-corrected chi connectivity index (χ1v) is 7.57. The summed E-state index contributed by atoms with van der Waals surface area (Å²) in [7, 11) is 0. The number of nitrogens with zero attached hydrogens (tertiary/aromatic N) is 1. The first kappa shape index (κ1) is 16.8. The molecule has 0 N–H and O–H groups in total. The van der Waals surface area contributed by atoms with Crippen LogP contribution in [0.15, 0.2) is 54.6 Å². The van der Waals surface area contributed by atoms with Gasteiger partial charge in [-0.15, -0.1) is 6.42 Å². The molecule has 3 heteroatoms. The van der Waals surface area contributed by atoms with Gasteiger partial charge in [-0.1, -0.05) is 66.1 Å². The van der Waals surface area contributed by atoms with Crippen molar-refractivity contribution in [1.29, 1.82) is 0 Å². The normalized spacial score (nSPS) is 10.1. The highest BCUT2D eigenvalue weighted by Crippen LogP contribution is 2.08. The SMILES string of the molecule is C#CCN(Cc1ccc(C)cc1)C(=O)COCc1ccccc1. The molecule has 1 amide bonds. The zero-order valence-corrected chi connectivity index (χ0v) is 13.4. The molecular formula is C20H21NO2. The van der Waals surface area contributed by atoms with Gasteiger partial charge in [-0.05, 0) is 18.1 Å². The zero-order valence-electron chi connectivity index (χ0n) is 13.4. The van der Waals surface area contributed by atoms with Crippen molar-refractivity contribution in [1.82, 2.24) is 4.90 Å². The fraction of sp³-hybridized carbons (Fsp3) is 0.250. The van der Waals surface area contributed by atoms with E-state index in [1.165, 1.54) is 5.56 Å². The van der Waals surface area contributed by atoms with Crippen LogP contribution in [0.4, 0.5) is 0 Å². The zero-order chi connectivity index (χ0) is 16.5. The van der Waals surface area contributed by atoms with Crippen LogP contribution in [0.5, 0.6) is 0 Å². The van der Waals surface area contributed by atoms with Crippen LogP contribution in [0.25, 0.3) is 0 Å². The largest absolute Gasteiger partial charge is 0.367 e. The third-order valence-electron chi connectivity index (χ3n) is 3.47. The van der Waals surface area contributed by atoms with Gasteiger partial charge < -0.3 is 9.64 Å². The fourth-order valence-electron chi connectivity index (χ4n) is 2.18. The Labute approximate surface area is 137 Å². The number of rotatable bonds is 7. The lowest BCUT2D eigenvalue weighted by atomic mass is 10.1. The summed E-state index contributed by atoms with van der Waals surface area (Å²) in [5.74, 6) is 2.44. The Hall–Kier alpha value is -2.57. The van der Waals surface area contributed by atoms with E-state index >= 15 is 0 Å². The van der Waals surface area contributed by atoms with Crippen LogP contribution in [0.3, 0.4) is 0 Å². The van der Waals surface area contributed by atoms with Gasteiger partial charge in [-0.3, -0.25) is 4.79 Å². The monoisotopic (exact) mass is 307 g/mol. The van der Waals surface area contributed by atoms with Gasteiger partial charge in [0, 0.05) is 6.54 Å². The molecule has 0 bridgehead atoms. The predicted octanol–water partition coefficient (Wildman–Crippen LogP) is 3.17. The molecule has 0 heterocycles. The summed E-state index contributed by atoms with van der Waals surface area (Å²) in [6, 6.07) is 17.9. The molecule has 0 aromatic heterocycles. The maximum Gasteiger partial charge on any atom is 0.249 e. The lowest BCUT2D eigenvalue weighted by Crippen LogP contribution is -2.33. The molecule has 0 saturated carbocycles. The molecule has 0 fully saturated rings. The third-order valence-corrected chi connectivity index (χ3v) is 3.47. The molecular weight excluding hydrogens is 286 g/mol. The van der Waals surface area contributed by atoms with Gasteiger partial charge in [0.25, 0.3) is 0 Å². The maximum atomic E-state index is 12.3. The highest BCUT2D eigenvalue weighted by molar-refractivity contribution is 5.77.